The Labute approximate surface area is 146 Å². The molecule has 0 radical (unpaired) electrons. The highest BCUT2D eigenvalue weighted by atomic mass is 79.9. The third-order valence-electron chi connectivity index (χ3n) is 2.80. The van der Waals surface area contributed by atoms with Gasteiger partial charge < -0.3 is 5.32 Å². The van der Waals surface area contributed by atoms with Crippen molar-refractivity contribution < 1.29 is 13.2 Å². The Morgan fingerprint density at radius 3 is 2.50 bits per heavy atom. The minimum atomic E-state index is -3.13. The van der Waals surface area contributed by atoms with Crippen molar-refractivity contribution in [3.63, 3.8) is 0 Å². The molecule has 0 aliphatic heterocycles. The Balaban J connectivity index is 2.21. The van der Waals surface area contributed by atoms with E-state index >= 15 is 0 Å². The van der Waals surface area contributed by atoms with Crippen molar-refractivity contribution in [2.45, 2.75) is 5.75 Å². The molecular formula is C15H13Br2NO3S. The van der Waals surface area contributed by atoms with Crippen molar-refractivity contribution in [1.82, 2.24) is 0 Å². The van der Waals surface area contributed by atoms with E-state index in [2.05, 4.69) is 37.2 Å². The van der Waals surface area contributed by atoms with Crippen LogP contribution < -0.4 is 5.32 Å². The van der Waals surface area contributed by atoms with Gasteiger partial charge in [0.2, 0.25) is 0 Å². The SMILES string of the molecule is CS(=O)(=O)Cc1cccc(C(=O)Nc2ccc(Br)cc2Br)c1. The van der Waals surface area contributed by atoms with Gasteiger partial charge in [-0.1, -0.05) is 28.1 Å². The van der Waals surface area contributed by atoms with E-state index in [1.165, 1.54) is 6.26 Å². The number of nitrogens with one attached hydrogen (secondary N) is 1. The van der Waals surface area contributed by atoms with Crippen LogP contribution in [0.4, 0.5) is 5.69 Å². The standard InChI is InChI=1S/C15H13Br2NO3S/c1-22(20,21)9-10-3-2-4-11(7-10)15(19)18-14-6-5-12(16)8-13(14)17/h2-8H,9H2,1H3,(H,18,19). The van der Waals surface area contributed by atoms with Gasteiger partial charge in [-0.25, -0.2) is 8.42 Å². The predicted molar refractivity (Wildman–Crippen MR) is 94.8 cm³/mol. The highest BCUT2D eigenvalue weighted by molar-refractivity contribution is 9.11. The number of sulfone groups is 1. The number of benzene rings is 2. The molecule has 0 heterocycles. The highest BCUT2D eigenvalue weighted by Crippen LogP contribution is 2.26. The van der Waals surface area contributed by atoms with Crippen LogP contribution in [0.15, 0.2) is 51.4 Å². The first-order valence-electron chi connectivity index (χ1n) is 6.28. The fourth-order valence-corrected chi connectivity index (χ4v) is 3.82. The molecule has 0 bridgehead atoms. The number of carbonyl (C=O) groups excluding carboxylic acids is 1. The van der Waals surface area contributed by atoms with E-state index in [1.54, 1.807) is 30.3 Å². The number of hydrogen-bond acceptors (Lipinski definition) is 3. The van der Waals surface area contributed by atoms with Gasteiger partial charge in [0, 0.05) is 20.8 Å². The lowest BCUT2D eigenvalue weighted by molar-refractivity contribution is 0.102. The molecule has 4 nitrogen and oxygen atoms in total. The zero-order valence-electron chi connectivity index (χ0n) is 11.6. The molecule has 2 aromatic carbocycles. The number of halogens is 2. The van der Waals surface area contributed by atoms with Crippen LogP contribution in [0.2, 0.25) is 0 Å². The third-order valence-corrected chi connectivity index (χ3v) is 4.80. The van der Waals surface area contributed by atoms with E-state index in [0.717, 1.165) is 8.95 Å². The van der Waals surface area contributed by atoms with Gasteiger partial charge in [0.05, 0.1) is 11.4 Å². The summed E-state index contributed by atoms with van der Waals surface area (Å²) in [4.78, 5) is 12.3. The number of anilines is 1. The molecule has 7 heteroatoms. The van der Waals surface area contributed by atoms with Crippen LogP contribution in [0.1, 0.15) is 15.9 Å². The molecule has 1 N–H and O–H groups in total. The first kappa shape index (κ1) is 17.2. The zero-order valence-corrected chi connectivity index (χ0v) is 15.6. The highest BCUT2D eigenvalue weighted by Gasteiger charge is 2.11. The second kappa shape index (κ2) is 6.93. The van der Waals surface area contributed by atoms with Crippen molar-refractivity contribution in [3.05, 3.63) is 62.5 Å². The summed E-state index contributed by atoms with van der Waals surface area (Å²) in [6, 6.07) is 12.0. The van der Waals surface area contributed by atoms with E-state index < -0.39 is 9.84 Å². The zero-order chi connectivity index (χ0) is 16.3. The molecule has 2 aromatic rings. The van der Waals surface area contributed by atoms with Gasteiger partial charge in [-0.15, -0.1) is 0 Å². The average Bonchev–Trinajstić information content (AvgIpc) is 2.40. The first-order chi connectivity index (χ1) is 10.2. The normalized spacial score (nSPS) is 11.2. The molecular weight excluding hydrogens is 434 g/mol. The molecule has 0 aromatic heterocycles. The monoisotopic (exact) mass is 445 g/mol. The smallest absolute Gasteiger partial charge is 0.255 e. The fourth-order valence-electron chi connectivity index (χ4n) is 1.89. The quantitative estimate of drug-likeness (QED) is 0.771. The number of amides is 1. The van der Waals surface area contributed by atoms with Gasteiger partial charge in [0.15, 0.2) is 9.84 Å². The molecule has 22 heavy (non-hydrogen) atoms. The van der Waals surface area contributed by atoms with Gasteiger partial charge in [0.1, 0.15) is 0 Å². The second-order valence-electron chi connectivity index (χ2n) is 4.85. The molecule has 1 amide bonds. The van der Waals surface area contributed by atoms with Crippen LogP contribution in [-0.4, -0.2) is 20.6 Å². The Kier molecular flexibility index (Phi) is 5.41. The van der Waals surface area contributed by atoms with E-state index in [4.69, 9.17) is 0 Å². The van der Waals surface area contributed by atoms with Gasteiger partial charge >= 0.3 is 0 Å². The van der Waals surface area contributed by atoms with Gasteiger partial charge in [0.25, 0.3) is 5.91 Å². The van der Waals surface area contributed by atoms with Gasteiger partial charge in [-0.3, -0.25) is 4.79 Å². The minimum Gasteiger partial charge on any atom is -0.321 e. The number of carbonyl (C=O) groups is 1. The van der Waals surface area contributed by atoms with E-state index in [0.29, 0.717) is 16.8 Å². The van der Waals surface area contributed by atoms with Crippen molar-refractivity contribution in [2.24, 2.45) is 0 Å². The maximum atomic E-state index is 12.3. The van der Waals surface area contributed by atoms with E-state index in [-0.39, 0.29) is 11.7 Å². The van der Waals surface area contributed by atoms with Crippen molar-refractivity contribution in [2.75, 3.05) is 11.6 Å². The summed E-state index contributed by atoms with van der Waals surface area (Å²) in [6.45, 7) is 0. The second-order valence-corrected chi connectivity index (χ2v) is 8.76. The number of hydrogen-bond donors (Lipinski definition) is 1. The number of rotatable bonds is 4. The molecule has 0 aliphatic carbocycles. The maximum absolute atomic E-state index is 12.3. The lowest BCUT2D eigenvalue weighted by atomic mass is 10.1. The van der Waals surface area contributed by atoms with Gasteiger partial charge in [-0.2, -0.15) is 0 Å². The molecule has 0 fully saturated rings. The summed E-state index contributed by atoms with van der Waals surface area (Å²) in [7, 11) is -3.13. The summed E-state index contributed by atoms with van der Waals surface area (Å²) < 4.78 is 24.3. The Morgan fingerprint density at radius 1 is 1.14 bits per heavy atom. The summed E-state index contributed by atoms with van der Waals surface area (Å²) in [5.41, 5.74) is 1.64. The molecule has 0 saturated carbocycles. The molecule has 0 atom stereocenters. The Hall–Kier alpha value is -1.18. The van der Waals surface area contributed by atoms with Crippen LogP contribution in [0.25, 0.3) is 0 Å². The lowest BCUT2D eigenvalue weighted by Gasteiger charge is -2.09. The maximum Gasteiger partial charge on any atom is 0.255 e. The Morgan fingerprint density at radius 2 is 1.86 bits per heavy atom. The predicted octanol–water partition coefficient (Wildman–Crippen LogP) is 4.01. The van der Waals surface area contributed by atoms with E-state index in [1.807, 2.05) is 12.1 Å². The molecule has 0 aliphatic rings. The van der Waals surface area contributed by atoms with Crippen molar-refractivity contribution >= 4 is 53.3 Å². The van der Waals surface area contributed by atoms with Crippen LogP contribution in [0, 0.1) is 0 Å². The largest absolute Gasteiger partial charge is 0.321 e. The van der Waals surface area contributed by atoms with E-state index in [9.17, 15) is 13.2 Å². The van der Waals surface area contributed by atoms with Gasteiger partial charge in [-0.05, 0) is 51.8 Å². The molecule has 0 saturated heterocycles. The molecule has 0 spiro atoms. The van der Waals surface area contributed by atoms with Crippen LogP contribution in [-0.2, 0) is 15.6 Å². The average molecular weight is 447 g/mol. The van der Waals surface area contributed by atoms with Crippen molar-refractivity contribution in [1.29, 1.82) is 0 Å². The summed E-state index contributed by atoms with van der Waals surface area (Å²) in [5, 5.41) is 2.79. The lowest BCUT2D eigenvalue weighted by Crippen LogP contribution is -2.13. The molecule has 116 valence electrons. The summed E-state index contributed by atoms with van der Waals surface area (Å²) >= 11 is 6.72. The third kappa shape index (κ3) is 4.93. The first-order valence-corrected chi connectivity index (χ1v) is 9.92. The molecule has 2 rings (SSSR count). The minimum absolute atomic E-state index is 0.0872. The Bertz CT molecular complexity index is 819. The fraction of sp³-hybridized carbons (Fsp3) is 0.133. The van der Waals surface area contributed by atoms with Crippen molar-refractivity contribution in [3.8, 4) is 0 Å². The molecule has 0 unspecified atom stereocenters. The van der Waals surface area contributed by atoms with Crippen LogP contribution in [0.3, 0.4) is 0 Å². The van der Waals surface area contributed by atoms with Crippen LogP contribution in [0.5, 0.6) is 0 Å². The summed E-state index contributed by atoms with van der Waals surface area (Å²) in [5.74, 6) is -0.380. The summed E-state index contributed by atoms with van der Waals surface area (Å²) in [6.07, 6.45) is 1.17. The van der Waals surface area contributed by atoms with Crippen LogP contribution >= 0.6 is 31.9 Å². The topological polar surface area (TPSA) is 63.2 Å².